The molecule has 0 bridgehead atoms. The van der Waals surface area contributed by atoms with E-state index in [-0.39, 0.29) is 5.78 Å². The predicted octanol–water partition coefficient (Wildman–Crippen LogP) is 1.36. The van der Waals surface area contributed by atoms with E-state index in [1.165, 1.54) is 0 Å². The highest BCUT2D eigenvalue weighted by molar-refractivity contribution is 5.98. The molecule has 62 valence electrons. The summed E-state index contributed by atoms with van der Waals surface area (Å²) in [4.78, 5) is 15.4. The molecule has 1 aliphatic rings. The molecule has 0 N–H and O–H groups in total. The fourth-order valence-corrected chi connectivity index (χ4v) is 1.23. The molecule has 0 spiro atoms. The molecular weight excluding hydrogens is 154 g/mol. The van der Waals surface area contributed by atoms with Gasteiger partial charge in [-0.2, -0.15) is 0 Å². The first kappa shape index (κ1) is 7.28. The Labute approximate surface area is 70.4 Å². The van der Waals surface area contributed by atoms with Crippen LogP contribution in [0, 0.1) is 6.92 Å². The molecule has 0 fully saturated rings. The lowest BCUT2D eigenvalue weighted by Gasteiger charge is -2.14. The van der Waals surface area contributed by atoms with E-state index in [1.54, 1.807) is 6.07 Å². The highest BCUT2D eigenvalue weighted by Crippen LogP contribution is 2.21. The number of pyridine rings is 1. The molecular formula is C9H9NO2. The summed E-state index contributed by atoms with van der Waals surface area (Å²) in [6.07, 6.45) is 0.470. The third-order valence-corrected chi connectivity index (χ3v) is 1.87. The Morgan fingerprint density at radius 3 is 3.17 bits per heavy atom. The molecule has 3 nitrogen and oxygen atoms in total. The first-order valence-electron chi connectivity index (χ1n) is 3.91. The number of aromatic nitrogens is 1. The summed E-state index contributed by atoms with van der Waals surface area (Å²) in [7, 11) is 0. The van der Waals surface area contributed by atoms with Gasteiger partial charge in [-0.1, -0.05) is 0 Å². The summed E-state index contributed by atoms with van der Waals surface area (Å²) in [6.45, 7) is 2.34. The van der Waals surface area contributed by atoms with E-state index >= 15 is 0 Å². The van der Waals surface area contributed by atoms with Gasteiger partial charge < -0.3 is 4.74 Å². The van der Waals surface area contributed by atoms with Crippen molar-refractivity contribution in [3.05, 3.63) is 23.4 Å². The van der Waals surface area contributed by atoms with Crippen LogP contribution in [0.1, 0.15) is 22.5 Å². The third-order valence-electron chi connectivity index (χ3n) is 1.87. The van der Waals surface area contributed by atoms with E-state index in [4.69, 9.17) is 4.74 Å². The Morgan fingerprint density at radius 2 is 2.33 bits per heavy atom. The summed E-state index contributed by atoms with van der Waals surface area (Å²) in [5.41, 5.74) is 1.50. The number of nitrogens with zero attached hydrogens (tertiary/aromatic N) is 1. The van der Waals surface area contributed by atoms with Gasteiger partial charge in [-0.15, -0.1) is 0 Å². The van der Waals surface area contributed by atoms with Crippen molar-refractivity contribution in [2.24, 2.45) is 0 Å². The number of hydrogen-bond acceptors (Lipinski definition) is 3. The molecule has 1 aromatic heterocycles. The number of carbonyl (C=O) groups excluding carboxylic acids is 1. The molecule has 2 heterocycles. The van der Waals surface area contributed by atoms with Crippen LogP contribution < -0.4 is 4.74 Å². The zero-order valence-corrected chi connectivity index (χ0v) is 6.83. The Bertz CT molecular complexity index is 333. The van der Waals surface area contributed by atoms with Crippen LogP contribution in [0.2, 0.25) is 0 Å². The molecule has 0 radical (unpaired) electrons. The number of rotatable bonds is 0. The van der Waals surface area contributed by atoms with Crippen molar-refractivity contribution in [2.75, 3.05) is 6.61 Å². The lowest BCUT2D eigenvalue weighted by Crippen LogP contribution is -2.16. The number of aryl methyl sites for hydroxylation is 1. The summed E-state index contributed by atoms with van der Waals surface area (Å²) in [5.74, 6) is 0.620. The summed E-state index contributed by atoms with van der Waals surface area (Å²) in [6, 6.07) is 3.60. The fourth-order valence-electron chi connectivity index (χ4n) is 1.23. The third kappa shape index (κ3) is 1.07. The standard InChI is InChI=1S/C9H9NO2/c1-6-2-3-7-8(11)4-5-12-9(7)10-6/h2-3H,4-5H2,1H3. The van der Waals surface area contributed by atoms with Crippen molar-refractivity contribution in [1.29, 1.82) is 0 Å². The quantitative estimate of drug-likeness (QED) is 0.579. The normalized spacial score (nSPS) is 15.2. The predicted molar refractivity (Wildman–Crippen MR) is 43.4 cm³/mol. The molecule has 0 aromatic carbocycles. The Kier molecular flexibility index (Phi) is 1.57. The van der Waals surface area contributed by atoms with Crippen molar-refractivity contribution in [2.45, 2.75) is 13.3 Å². The van der Waals surface area contributed by atoms with E-state index in [2.05, 4.69) is 4.98 Å². The second-order valence-corrected chi connectivity index (χ2v) is 2.83. The number of hydrogen-bond donors (Lipinski definition) is 0. The highest BCUT2D eigenvalue weighted by Gasteiger charge is 2.18. The first-order valence-corrected chi connectivity index (χ1v) is 3.91. The van der Waals surface area contributed by atoms with Gasteiger partial charge in [-0.05, 0) is 19.1 Å². The van der Waals surface area contributed by atoms with Crippen LogP contribution in [0.15, 0.2) is 12.1 Å². The fraction of sp³-hybridized carbons (Fsp3) is 0.333. The number of ether oxygens (including phenoxy) is 1. The average molecular weight is 163 g/mol. The van der Waals surface area contributed by atoms with Gasteiger partial charge in [0.25, 0.3) is 0 Å². The van der Waals surface area contributed by atoms with Crippen LogP contribution in [-0.4, -0.2) is 17.4 Å². The molecule has 0 aliphatic carbocycles. The monoisotopic (exact) mass is 163 g/mol. The average Bonchev–Trinajstić information content (AvgIpc) is 2.04. The molecule has 0 amide bonds. The largest absolute Gasteiger partial charge is 0.477 e. The maximum Gasteiger partial charge on any atom is 0.224 e. The van der Waals surface area contributed by atoms with Crippen LogP contribution in [0.4, 0.5) is 0 Å². The van der Waals surface area contributed by atoms with Crippen LogP contribution in [0.3, 0.4) is 0 Å². The summed E-state index contributed by atoms with van der Waals surface area (Å²) < 4.78 is 5.24. The SMILES string of the molecule is Cc1ccc2c(n1)OCCC2=O. The van der Waals surface area contributed by atoms with Gasteiger partial charge in [0.2, 0.25) is 5.88 Å². The van der Waals surface area contributed by atoms with Gasteiger partial charge in [-0.3, -0.25) is 4.79 Å². The van der Waals surface area contributed by atoms with Crippen molar-refractivity contribution < 1.29 is 9.53 Å². The van der Waals surface area contributed by atoms with E-state index in [0.717, 1.165) is 5.69 Å². The smallest absolute Gasteiger partial charge is 0.224 e. The molecule has 0 saturated heterocycles. The van der Waals surface area contributed by atoms with Crippen molar-refractivity contribution in [1.82, 2.24) is 4.98 Å². The molecule has 1 aromatic rings. The zero-order valence-electron chi connectivity index (χ0n) is 6.83. The number of Topliss-reactive ketones (excluding diaryl/α,β-unsaturated/α-hetero) is 1. The maximum absolute atomic E-state index is 11.3. The van der Waals surface area contributed by atoms with Crippen molar-refractivity contribution >= 4 is 5.78 Å². The Balaban J connectivity index is 2.53. The van der Waals surface area contributed by atoms with Crippen LogP contribution in [0.5, 0.6) is 5.88 Å². The first-order chi connectivity index (χ1) is 5.77. The van der Waals surface area contributed by atoms with Gasteiger partial charge >= 0.3 is 0 Å². The lowest BCUT2D eigenvalue weighted by atomic mass is 10.1. The minimum Gasteiger partial charge on any atom is -0.477 e. The molecule has 0 unspecified atom stereocenters. The lowest BCUT2D eigenvalue weighted by molar-refractivity contribution is 0.0929. The van der Waals surface area contributed by atoms with E-state index in [9.17, 15) is 4.79 Å². The van der Waals surface area contributed by atoms with Crippen molar-refractivity contribution in [3.8, 4) is 5.88 Å². The number of ketones is 1. The second kappa shape index (κ2) is 2.59. The van der Waals surface area contributed by atoms with Crippen LogP contribution >= 0.6 is 0 Å². The van der Waals surface area contributed by atoms with Gasteiger partial charge in [-0.25, -0.2) is 4.98 Å². The molecule has 1 aliphatic heterocycles. The minimum absolute atomic E-state index is 0.128. The molecule has 0 atom stereocenters. The highest BCUT2D eigenvalue weighted by atomic mass is 16.5. The molecule has 12 heavy (non-hydrogen) atoms. The molecule has 2 rings (SSSR count). The summed E-state index contributed by atoms with van der Waals surface area (Å²) in [5, 5.41) is 0. The van der Waals surface area contributed by atoms with Gasteiger partial charge in [0.1, 0.15) is 0 Å². The Morgan fingerprint density at radius 1 is 1.50 bits per heavy atom. The van der Waals surface area contributed by atoms with Crippen molar-refractivity contribution in [3.63, 3.8) is 0 Å². The number of carbonyl (C=O) groups is 1. The second-order valence-electron chi connectivity index (χ2n) is 2.83. The van der Waals surface area contributed by atoms with Crippen LogP contribution in [-0.2, 0) is 0 Å². The van der Waals surface area contributed by atoms with Gasteiger partial charge in [0, 0.05) is 12.1 Å². The van der Waals surface area contributed by atoms with Crippen LogP contribution in [0.25, 0.3) is 0 Å². The zero-order chi connectivity index (χ0) is 8.55. The van der Waals surface area contributed by atoms with Gasteiger partial charge in [0.15, 0.2) is 5.78 Å². The summed E-state index contributed by atoms with van der Waals surface area (Å²) >= 11 is 0. The van der Waals surface area contributed by atoms with E-state index in [1.807, 2.05) is 13.0 Å². The Hall–Kier alpha value is -1.38. The minimum atomic E-state index is 0.128. The molecule has 0 saturated carbocycles. The number of fused-ring (bicyclic) bond motifs is 1. The van der Waals surface area contributed by atoms with E-state index in [0.29, 0.717) is 24.5 Å². The molecule has 3 heteroatoms. The topological polar surface area (TPSA) is 39.2 Å². The maximum atomic E-state index is 11.3. The van der Waals surface area contributed by atoms with Gasteiger partial charge in [0.05, 0.1) is 12.2 Å². The van der Waals surface area contributed by atoms with E-state index < -0.39 is 0 Å².